The van der Waals surface area contributed by atoms with Crippen molar-refractivity contribution in [3.8, 4) is 11.5 Å². The van der Waals surface area contributed by atoms with Gasteiger partial charge in [-0.15, -0.1) is 0 Å². The Morgan fingerprint density at radius 2 is 1.82 bits per heavy atom. The summed E-state index contributed by atoms with van der Waals surface area (Å²) in [6, 6.07) is 14.7. The predicted molar refractivity (Wildman–Crippen MR) is 147 cm³/mol. The van der Waals surface area contributed by atoms with Crippen LogP contribution in [0.1, 0.15) is 34.0 Å². The number of carboxylic acid groups (broad SMARTS) is 1. The molecular formula is C27H29ClN4O7. The number of aliphatic hydroxyl groups is 1. The van der Waals surface area contributed by atoms with Crippen molar-refractivity contribution in [1.29, 1.82) is 0 Å². The number of hydrogen-bond acceptors (Lipinski definition) is 8. The van der Waals surface area contributed by atoms with Gasteiger partial charge in [0.2, 0.25) is 0 Å². The molecule has 3 aromatic carbocycles. The van der Waals surface area contributed by atoms with Gasteiger partial charge in [0.1, 0.15) is 0 Å². The molecule has 0 bridgehead atoms. The first-order chi connectivity index (χ1) is 18.7. The average Bonchev–Trinajstić information content (AvgIpc) is 2.92. The summed E-state index contributed by atoms with van der Waals surface area (Å²) in [5.41, 5.74) is 8.60. The van der Waals surface area contributed by atoms with Crippen molar-refractivity contribution in [3.05, 3.63) is 81.9 Å². The molecule has 0 aliphatic heterocycles. The Hall–Kier alpha value is -4.48. The fraction of sp³-hybridized carbons (Fsp3) is 0.222. The lowest BCUT2D eigenvalue weighted by molar-refractivity contribution is -0.139. The summed E-state index contributed by atoms with van der Waals surface area (Å²) in [4.78, 5) is 24.3. The van der Waals surface area contributed by atoms with Crippen LogP contribution in [0.5, 0.6) is 11.5 Å². The lowest BCUT2D eigenvalue weighted by Gasteiger charge is -2.19. The molecule has 0 unspecified atom stereocenters. The van der Waals surface area contributed by atoms with Gasteiger partial charge in [0.05, 0.1) is 12.2 Å². The molecule has 206 valence electrons. The van der Waals surface area contributed by atoms with Gasteiger partial charge < -0.3 is 41.3 Å². The van der Waals surface area contributed by atoms with Gasteiger partial charge >= 0.3 is 5.97 Å². The number of nitrogens with zero attached hydrogens (tertiary/aromatic N) is 1. The highest BCUT2D eigenvalue weighted by Crippen LogP contribution is 2.35. The predicted octanol–water partition coefficient (Wildman–Crippen LogP) is 3.70. The maximum absolute atomic E-state index is 13.2. The van der Waals surface area contributed by atoms with Crippen molar-refractivity contribution in [1.82, 2.24) is 0 Å². The Labute approximate surface area is 229 Å². The van der Waals surface area contributed by atoms with Crippen LogP contribution in [-0.4, -0.2) is 53.0 Å². The molecule has 0 aromatic heterocycles. The Kier molecular flexibility index (Phi) is 10.4. The van der Waals surface area contributed by atoms with E-state index >= 15 is 0 Å². The number of carboxylic acids is 1. The molecule has 0 fully saturated rings. The summed E-state index contributed by atoms with van der Waals surface area (Å²) in [6.07, 6.45) is 0.357. The minimum absolute atomic E-state index is 0.0588. The van der Waals surface area contributed by atoms with Gasteiger partial charge in [-0.2, -0.15) is 0 Å². The summed E-state index contributed by atoms with van der Waals surface area (Å²) in [6.45, 7) is 1.59. The smallest absolute Gasteiger partial charge is 0.341 e. The number of amidine groups is 1. The lowest BCUT2D eigenvalue weighted by Crippen LogP contribution is -2.16. The van der Waals surface area contributed by atoms with Crippen molar-refractivity contribution in [3.63, 3.8) is 0 Å². The van der Waals surface area contributed by atoms with Crippen LogP contribution in [-0.2, 0) is 17.8 Å². The minimum atomic E-state index is -1.15. The van der Waals surface area contributed by atoms with Crippen LogP contribution in [0, 0.1) is 0 Å². The second-order valence-corrected chi connectivity index (χ2v) is 8.67. The van der Waals surface area contributed by atoms with Crippen LogP contribution in [0.2, 0.25) is 5.02 Å². The number of oxime groups is 1. The van der Waals surface area contributed by atoms with Gasteiger partial charge in [0.25, 0.3) is 5.91 Å². The fourth-order valence-electron chi connectivity index (χ4n) is 3.72. The zero-order chi connectivity index (χ0) is 28.4. The average molecular weight is 557 g/mol. The Morgan fingerprint density at radius 3 is 2.46 bits per heavy atom. The zero-order valence-corrected chi connectivity index (χ0v) is 21.9. The molecule has 0 atom stereocenters. The highest BCUT2D eigenvalue weighted by Gasteiger charge is 2.18. The fourth-order valence-corrected chi connectivity index (χ4v) is 3.89. The van der Waals surface area contributed by atoms with Crippen molar-refractivity contribution < 1.29 is 34.5 Å². The van der Waals surface area contributed by atoms with Crippen molar-refractivity contribution in [2.24, 2.45) is 10.9 Å². The van der Waals surface area contributed by atoms with E-state index in [9.17, 15) is 14.7 Å². The van der Waals surface area contributed by atoms with Crippen molar-refractivity contribution in [2.75, 3.05) is 30.5 Å². The number of carbonyl (C=O) groups is 2. The van der Waals surface area contributed by atoms with E-state index in [1.807, 2.05) is 0 Å². The Bertz CT molecular complexity index is 1350. The molecule has 11 nitrogen and oxygen atoms in total. The number of aliphatic hydroxyl groups excluding tert-OH is 1. The normalized spacial score (nSPS) is 11.1. The molecule has 0 aliphatic carbocycles. The number of nitrogens with one attached hydrogen (secondary N) is 2. The SMILES string of the molecule is CCOc1cc(CCO)cc(CNc2ccc(Cl)cc2C(=O)Nc2ccc(/C(N)=N/O)cc2)c1OCC(=O)O. The van der Waals surface area contributed by atoms with E-state index in [4.69, 9.17) is 37.1 Å². The third-order valence-corrected chi connectivity index (χ3v) is 5.71. The molecule has 0 saturated carbocycles. The van der Waals surface area contributed by atoms with Gasteiger partial charge in [-0.1, -0.05) is 16.8 Å². The number of anilines is 2. The summed E-state index contributed by atoms with van der Waals surface area (Å²) >= 11 is 6.19. The van der Waals surface area contributed by atoms with Gasteiger partial charge in [0.15, 0.2) is 23.9 Å². The third-order valence-electron chi connectivity index (χ3n) is 5.47. The molecule has 0 saturated heterocycles. The van der Waals surface area contributed by atoms with E-state index in [-0.39, 0.29) is 30.3 Å². The standard InChI is InChI=1S/C27H29ClN4O7/c1-2-38-23-12-16(9-10-33)11-18(25(23)39-15-24(34)35)14-30-22-8-5-19(28)13-21(22)27(36)31-20-6-3-17(4-7-20)26(29)32-37/h3-8,11-13,30,33,37H,2,9-10,14-15H2,1H3,(H2,29,32)(H,31,36)(H,34,35). The van der Waals surface area contributed by atoms with E-state index in [1.54, 1.807) is 55.5 Å². The lowest BCUT2D eigenvalue weighted by atomic mass is 10.1. The number of aliphatic carboxylic acids is 1. The molecule has 12 heteroatoms. The first kappa shape index (κ1) is 29.1. The van der Waals surface area contributed by atoms with Gasteiger partial charge in [-0.05, 0) is 73.5 Å². The number of benzene rings is 3. The summed E-state index contributed by atoms with van der Waals surface area (Å²) in [5.74, 6) is -1.05. The van der Waals surface area contributed by atoms with Crippen LogP contribution in [0.4, 0.5) is 11.4 Å². The second-order valence-electron chi connectivity index (χ2n) is 8.23. The summed E-state index contributed by atoms with van der Waals surface area (Å²) in [7, 11) is 0. The maximum Gasteiger partial charge on any atom is 0.341 e. The molecule has 0 radical (unpaired) electrons. The van der Waals surface area contributed by atoms with Crippen molar-refractivity contribution >= 4 is 40.7 Å². The number of rotatable bonds is 13. The van der Waals surface area contributed by atoms with Crippen LogP contribution >= 0.6 is 11.6 Å². The van der Waals surface area contributed by atoms with E-state index < -0.39 is 18.5 Å². The van der Waals surface area contributed by atoms with Gasteiger partial charge in [-0.3, -0.25) is 4.79 Å². The van der Waals surface area contributed by atoms with E-state index in [1.165, 1.54) is 6.07 Å². The third kappa shape index (κ3) is 8.00. The number of amides is 1. The molecule has 3 rings (SSSR count). The first-order valence-corrected chi connectivity index (χ1v) is 12.3. The maximum atomic E-state index is 13.2. The van der Waals surface area contributed by atoms with E-state index in [0.717, 1.165) is 5.56 Å². The summed E-state index contributed by atoms with van der Waals surface area (Å²) < 4.78 is 11.2. The highest BCUT2D eigenvalue weighted by molar-refractivity contribution is 6.31. The molecule has 0 spiro atoms. The Morgan fingerprint density at radius 1 is 1.08 bits per heavy atom. The number of nitrogens with two attached hydrogens (primary N) is 1. The topological polar surface area (TPSA) is 176 Å². The van der Waals surface area contributed by atoms with Crippen LogP contribution in [0.15, 0.2) is 59.8 Å². The monoisotopic (exact) mass is 556 g/mol. The van der Waals surface area contributed by atoms with Gasteiger partial charge in [0, 0.05) is 40.7 Å². The highest BCUT2D eigenvalue weighted by atomic mass is 35.5. The summed E-state index contributed by atoms with van der Waals surface area (Å²) in [5, 5.41) is 36.7. The molecule has 7 N–H and O–H groups in total. The molecule has 1 amide bonds. The zero-order valence-electron chi connectivity index (χ0n) is 21.1. The second kappa shape index (κ2) is 13.9. The molecule has 0 aliphatic rings. The number of ether oxygens (including phenoxy) is 2. The Balaban J connectivity index is 1.88. The van der Waals surface area contributed by atoms with Crippen LogP contribution in [0.25, 0.3) is 0 Å². The van der Waals surface area contributed by atoms with Crippen LogP contribution in [0.3, 0.4) is 0 Å². The van der Waals surface area contributed by atoms with Crippen LogP contribution < -0.4 is 25.8 Å². The number of carbonyl (C=O) groups excluding carboxylic acids is 1. The minimum Gasteiger partial charge on any atom is -0.490 e. The quantitative estimate of drug-likeness (QED) is 0.0793. The van der Waals surface area contributed by atoms with E-state index in [2.05, 4.69) is 15.8 Å². The van der Waals surface area contributed by atoms with E-state index in [0.29, 0.717) is 46.3 Å². The first-order valence-electron chi connectivity index (χ1n) is 11.9. The molecule has 3 aromatic rings. The molecule has 39 heavy (non-hydrogen) atoms. The number of halogens is 1. The molecule has 0 heterocycles. The van der Waals surface area contributed by atoms with Gasteiger partial charge in [-0.25, -0.2) is 4.79 Å². The van der Waals surface area contributed by atoms with Crippen molar-refractivity contribution in [2.45, 2.75) is 19.9 Å². The number of hydrogen-bond donors (Lipinski definition) is 6. The largest absolute Gasteiger partial charge is 0.490 e. The molecular weight excluding hydrogens is 528 g/mol.